The van der Waals surface area contributed by atoms with Crippen LogP contribution < -0.4 is 27.4 Å². The minimum Gasteiger partial charge on any atom is -0.397 e. The van der Waals surface area contributed by atoms with E-state index in [0.717, 1.165) is 48.2 Å². The minimum atomic E-state index is -0.883. The molecule has 5 aromatic rings. The Hall–Kier alpha value is -6.33. The molecule has 356 valence electrons. The summed E-state index contributed by atoms with van der Waals surface area (Å²) in [4.78, 5) is 81.2. The molecule has 4 amide bonds. The maximum Gasteiger partial charge on any atom is 0.246 e. The monoisotopic (exact) mass is 935 g/mol. The highest BCUT2D eigenvalue weighted by Gasteiger charge is 2.44. The number of benzene rings is 2. The maximum atomic E-state index is 15.3. The van der Waals surface area contributed by atoms with Crippen molar-refractivity contribution in [1.82, 2.24) is 30.5 Å². The first-order chi connectivity index (χ1) is 31.9. The lowest BCUT2D eigenvalue weighted by Gasteiger charge is -2.35. The van der Waals surface area contributed by atoms with Gasteiger partial charge in [0, 0.05) is 73.2 Å². The first-order valence-electron chi connectivity index (χ1n) is 22.9. The average molecular weight is 936 g/mol. The van der Waals surface area contributed by atoms with Gasteiger partial charge in [0.1, 0.15) is 11.9 Å². The molecule has 67 heavy (non-hydrogen) atoms. The quantitative estimate of drug-likeness (QED) is 0.0252. The molecule has 0 saturated carbocycles. The molecule has 0 aliphatic carbocycles. The number of aliphatic hydroxyl groups excluding tert-OH is 1. The summed E-state index contributed by atoms with van der Waals surface area (Å²) >= 11 is 1.52. The first-order valence-corrected chi connectivity index (χ1v) is 23.8. The van der Waals surface area contributed by atoms with E-state index >= 15 is 4.39 Å². The van der Waals surface area contributed by atoms with Crippen molar-refractivity contribution in [2.45, 2.75) is 123 Å². The lowest BCUT2D eigenvalue weighted by Crippen LogP contribution is -2.56. The van der Waals surface area contributed by atoms with Crippen molar-refractivity contribution < 1.29 is 33.5 Å². The lowest BCUT2D eigenvalue weighted by molar-refractivity contribution is -0.140. The zero-order valence-corrected chi connectivity index (χ0v) is 39.7. The van der Waals surface area contributed by atoms with Gasteiger partial charge in [0.25, 0.3) is 0 Å². The zero-order valence-electron chi connectivity index (χ0n) is 38.9. The Labute approximate surface area is 394 Å². The normalized spacial score (nSPS) is 15.4. The number of halogens is 1. The number of carbonyl (C=O) groups excluding carboxylic acids is 5. The number of unbranched alkanes of at least 4 members (excludes halogenated alkanes) is 5. The van der Waals surface area contributed by atoms with Crippen LogP contribution in [0, 0.1) is 25.1 Å². The Balaban J connectivity index is 0.853. The number of nitrogen functional groups attached to an aromatic ring is 2. The molecule has 2 aromatic carbocycles. The number of β-amino-alcohol motifs (C(OH)–C–C–N with tert-alkyl or cyclic N) is 1. The summed E-state index contributed by atoms with van der Waals surface area (Å²) in [5, 5.41) is 20.2. The van der Waals surface area contributed by atoms with Gasteiger partial charge in [0.2, 0.25) is 23.6 Å². The van der Waals surface area contributed by atoms with E-state index in [9.17, 15) is 29.1 Å². The van der Waals surface area contributed by atoms with E-state index in [1.54, 1.807) is 36.7 Å². The molecule has 0 bridgehead atoms. The third kappa shape index (κ3) is 12.8. The van der Waals surface area contributed by atoms with Crippen molar-refractivity contribution in [3.8, 4) is 21.6 Å². The highest BCUT2D eigenvalue weighted by molar-refractivity contribution is 7.13. The second kappa shape index (κ2) is 22.4. The standard InChI is InChI=1S/C50H62FN9O6S/c1-29-36(24-54-26-38(29)52)35-21-33-22-40(56-25-37(33)45(53)44(35)51)58-42(63)15-12-14-41(62)55-20-11-9-7-6-8-10-13-43(64)59-48(50(3,4)5)49(66)60-27-34(61)23-39(60)46(65)31-16-18-32(19-17-31)47-30(2)57-28-67-47/h16-19,21-22,24-26,28,34,39,48,61H,6-15,20,23,27,52-53H2,1-5H3,(H,55,62)(H,59,64)(H,56,58,63)/t34-,39+,48-/m1/s1. The number of hydrogen-bond acceptors (Lipinski definition) is 12. The number of anilines is 3. The topological polar surface area (TPSA) is 236 Å². The van der Waals surface area contributed by atoms with E-state index in [1.165, 1.54) is 34.8 Å². The fraction of sp³-hybridized carbons (Fsp3) is 0.440. The second-order valence-corrected chi connectivity index (χ2v) is 19.3. The number of rotatable bonds is 20. The first kappa shape index (κ1) is 50.1. The molecule has 15 nitrogen and oxygen atoms in total. The van der Waals surface area contributed by atoms with Crippen molar-refractivity contribution in [2.24, 2.45) is 5.41 Å². The smallest absolute Gasteiger partial charge is 0.246 e. The van der Waals surface area contributed by atoms with Gasteiger partial charge in [-0.2, -0.15) is 0 Å². The fourth-order valence-corrected chi connectivity index (χ4v) is 9.15. The van der Waals surface area contributed by atoms with Gasteiger partial charge in [0.05, 0.1) is 45.8 Å². The van der Waals surface area contributed by atoms with Gasteiger partial charge in [0.15, 0.2) is 11.6 Å². The number of nitrogens with zero attached hydrogens (tertiary/aromatic N) is 4. The summed E-state index contributed by atoms with van der Waals surface area (Å²) in [6.45, 7) is 9.85. The molecule has 8 N–H and O–H groups in total. The van der Waals surface area contributed by atoms with E-state index in [-0.39, 0.29) is 78.7 Å². The Morgan fingerprint density at radius 1 is 0.866 bits per heavy atom. The SMILES string of the molecule is Cc1ncsc1-c1ccc(C(=O)[C@@H]2C[C@@H](O)CN2C(=O)[C@@H](NC(=O)CCCCCCCCNC(=O)CCCC(=O)Nc2cc3cc(-c4cncc(N)c4C)c(F)c(N)c3cn2)C(C)(C)C)cc1. The molecule has 3 atom stereocenters. The summed E-state index contributed by atoms with van der Waals surface area (Å²) in [6, 6.07) is 8.75. The number of Topliss-reactive ketones (excluding diaryl/α,β-unsaturated/α-hetero) is 1. The molecule has 0 spiro atoms. The fourth-order valence-electron chi connectivity index (χ4n) is 8.33. The molecule has 3 aromatic heterocycles. The van der Waals surface area contributed by atoms with Gasteiger partial charge in [-0.1, -0.05) is 70.7 Å². The van der Waals surface area contributed by atoms with Crippen LogP contribution in [-0.2, 0) is 19.2 Å². The zero-order chi connectivity index (χ0) is 48.4. The molecule has 0 radical (unpaired) electrons. The number of pyridine rings is 2. The number of likely N-dealkylation sites (tertiary alicyclic amines) is 1. The van der Waals surface area contributed by atoms with E-state index in [2.05, 4.69) is 30.9 Å². The Morgan fingerprint density at radius 2 is 1.55 bits per heavy atom. The number of carbonyl (C=O) groups is 5. The van der Waals surface area contributed by atoms with Crippen molar-refractivity contribution in [1.29, 1.82) is 0 Å². The van der Waals surface area contributed by atoms with E-state index in [0.29, 0.717) is 52.5 Å². The Kier molecular flexibility index (Phi) is 16.8. The second-order valence-electron chi connectivity index (χ2n) is 18.4. The number of nitrogens with one attached hydrogen (secondary N) is 3. The lowest BCUT2D eigenvalue weighted by atomic mass is 9.85. The van der Waals surface area contributed by atoms with E-state index in [1.807, 2.05) is 39.8 Å². The predicted molar refractivity (Wildman–Crippen MR) is 260 cm³/mol. The molecule has 4 heterocycles. The highest BCUT2D eigenvalue weighted by Crippen LogP contribution is 2.36. The molecule has 1 fully saturated rings. The van der Waals surface area contributed by atoms with Gasteiger partial charge in [-0.3, -0.25) is 29.0 Å². The number of ketones is 1. The Morgan fingerprint density at radius 3 is 2.25 bits per heavy atom. The number of amides is 4. The van der Waals surface area contributed by atoms with Crippen LogP contribution in [0.4, 0.5) is 21.6 Å². The van der Waals surface area contributed by atoms with Gasteiger partial charge in [-0.25, -0.2) is 14.4 Å². The van der Waals surface area contributed by atoms with Gasteiger partial charge >= 0.3 is 0 Å². The highest BCUT2D eigenvalue weighted by atomic mass is 32.1. The number of thiazole rings is 1. The number of aliphatic hydroxyl groups is 1. The van der Waals surface area contributed by atoms with Crippen LogP contribution in [0.1, 0.15) is 113 Å². The van der Waals surface area contributed by atoms with Crippen LogP contribution in [0.5, 0.6) is 0 Å². The van der Waals surface area contributed by atoms with E-state index < -0.39 is 29.4 Å². The summed E-state index contributed by atoms with van der Waals surface area (Å²) < 4.78 is 15.3. The van der Waals surface area contributed by atoms with Crippen LogP contribution >= 0.6 is 11.3 Å². The molecular formula is C50H62FN9O6S. The predicted octanol–water partition coefficient (Wildman–Crippen LogP) is 7.67. The molecule has 1 aliphatic heterocycles. The summed E-state index contributed by atoms with van der Waals surface area (Å²) in [5.74, 6) is -1.65. The molecule has 6 rings (SSSR count). The molecule has 17 heteroatoms. The van der Waals surface area contributed by atoms with Crippen molar-refractivity contribution in [3.63, 3.8) is 0 Å². The molecule has 1 saturated heterocycles. The van der Waals surface area contributed by atoms with Crippen LogP contribution in [-0.4, -0.2) is 85.6 Å². The summed E-state index contributed by atoms with van der Waals surface area (Å²) in [6.07, 6.45) is 9.64. The number of aryl methyl sites for hydroxylation is 1. The number of hydrogen-bond donors (Lipinski definition) is 6. The van der Waals surface area contributed by atoms with Crippen LogP contribution in [0.15, 0.2) is 60.5 Å². The molecule has 0 unspecified atom stereocenters. The van der Waals surface area contributed by atoms with Gasteiger partial charge in [-0.15, -0.1) is 11.3 Å². The third-order valence-corrected chi connectivity index (χ3v) is 13.2. The molecular weight excluding hydrogens is 874 g/mol. The van der Waals surface area contributed by atoms with Crippen molar-refractivity contribution in [2.75, 3.05) is 29.9 Å². The van der Waals surface area contributed by atoms with Crippen molar-refractivity contribution >= 4 is 68.7 Å². The van der Waals surface area contributed by atoms with Gasteiger partial charge in [-0.05, 0) is 67.2 Å². The number of nitrogens with two attached hydrogens (primary N) is 2. The number of aromatic nitrogens is 3. The maximum absolute atomic E-state index is 15.3. The van der Waals surface area contributed by atoms with Crippen LogP contribution in [0.25, 0.3) is 32.3 Å². The molecule has 1 aliphatic rings. The number of fused-ring (bicyclic) bond motifs is 1. The van der Waals surface area contributed by atoms with E-state index in [4.69, 9.17) is 11.5 Å². The average Bonchev–Trinajstić information content (AvgIpc) is 3.91. The van der Waals surface area contributed by atoms with Crippen molar-refractivity contribution in [3.05, 3.63) is 83.1 Å². The van der Waals surface area contributed by atoms with Crippen LogP contribution in [0.2, 0.25) is 0 Å². The minimum absolute atomic E-state index is 0.0141. The summed E-state index contributed by atoms with van der Waals surface area (Å²) in [7, 11) is 0. The van der Waals surface area contributed by atoms with Gasteiger partial charge < -0.3 is 37.4 Å². The Bertz CT molecular complexity index is 2600. The third-order valence-electron chi connectivity index (χ3n) is 12.2. The largest absolute Gasteiger partial charge is 0.397 e. The van der Waals surface area contributed by atoms with Crippen LogP contribution in [0.3, 0.4) is 0 Å². The summed E-state index contributed by atoms with van der Waals surface area (Å²) in [5.41, 5.74) is 17.3.